The molecule has 1 aromatic heterocycles. The number of hydrogen-bond donors (Lipinski definition) is 2. The molecule has 156 valence electrons. The molecule has 4 rings (SSSR count). The fraction of sp³-hybridized carbons (Fsp3) is 0.273. The summed E-state index contributed by atoms with van der Waals surface area (Å²) in [5.41, 5.74) is 2.29. The zero-order valence-electron chi connectivity index (χ0n) is 16.5. The molecule has 2 heterocycles. The molecule has 0 radical (unpaired) electrons. The summed E-state index contributed by atoms with van der Waals surface area (Å²) < 4.78 is 20.8. The van der Waals surface area contributed by atoms with Crippen LogP contribution in [0.1, 0.15) is 34.8 Å². The van der Waals surface area contributed by atoms with E-state index >= 15 is 0 Å². The lowest BCUT2D eigenvalue weighted by molar-refractivity contribution is 0.102. The van der Waals surface area contributed by atoms with E-state index < -0.39 is 0 Å². The van der Waals surface area contributed by atoms with Crippen molar-refractivity contribution in [2.45, 2.75) is 18.8 Å². The number of benzene rings is 2. The highest BCUT2D eigenvalue weighted by Gasteiger charge is 2.27. The van der Waals surface area contributed by atoms with Crippen molar-refractivity contribution in [3.8, 4) is 11.4 Å². The normalized spacial score (nSPS) is 14.5. The molecule has 3 aromatic rings. The zero-order chi connectivity index (χ0) is 21.1. The van der Waals surface area contributed by atoms with E-state index in [-0.39, 0.29) is 17.6 Å². The number of aromatic nitrogens is 2. The SMILES string of the molecule is COc1ccc(Cl)cc1NC(=O)c1cnn(-c2cccc(F)c2)c1C1CCNCC1. The molecule has 0 aliphatic carbocycles. The largest absolute Gasteiger partial charge is 0.495 e. The number of piperidine rings is 1. The predicted octanol–water partition coefficient (Wildman–Crippen LogP) is 4.39. The third-order valence-electron chi connectivity index (χ3n) is 5.24. The van der Waals surface area contributed by atoms with Crippen LogP contribution in [0.5, 0.6) is 5.75 Å². The quantitative estimate of drug-likeness (QED) is 0.632. The number of methoxy groups -OCH3 is 1. The average molecular weight is 429 g/mol. The Morgan fingerprint density at radius 1 is 1.27 bits per heavy atom. The number of ether oxygens (including phenoxy) is 1. The number of rotatable bonds is 5. The molecular weight excluding hydrogens is 407 g/mol. The molecule has 1 saturated heterocycles. The smallest absolute Gasteiger partial charge is 0.259 e. The van der Waals surface area contributed by atoms with E-state index in [9.17, 15) is 9.18 Å². The molecular formula is C22H22ClFN4O2. The number of anilines is 1. The van der Waals surface area contributed by atoms with Crippen LogP contribution in [0.25, 0.3) is 5.69 Å². The van der Waals surface area contributed by atoms with Crippen LogP contribution in [0.15, 0.2) is 48.7 Å². The molecule has 0 atom stereocenters. The van der Waals surface area contributed by atoms with Crippen LogP contribution in [-0.4, -0.2) is 35.9 Å². The average Bonchev–Trinajstić information content (AvgIpc) is 3.20. The number of carbonyl (C=O) groups is 1. The van der Waals surface area contributed by atoms with Gasteiger partial charge in [-0.05, 0) is 62.3 Å². The molecule has 8 heteroatoms. The molecule has 0 unspecified atom stereocenters. The summed E-state index contributed by atoms with van der Waals surface area (Å²) in [5, 5.41) is 11.1. The predicted molar refractivity (Wildman–Crippen MR) is 114 cm³/mol. The van der Waals surface area contributed by atoms with Gasteiger partial charge in [0.05, 0.1) is 35.9 Å². The Morgan fingerprint density at radius 2 is 2.07 bits per heavy atom. The van der Waals surface area contributed by atoms with Gasteiger partial charge in [-0.25, -0.2) is 9.07 Å². The van der Waals surface area contributed by atoms with E-state index in [1.807, 2.05) is 0 Å². The van der Waals surface area contributed by atoms with Gasteiger partial charge >= 0.3 is 0 Å². The third-order valence-corrected chi connectivity index (χ3v) is 5.47. The summed E-state index contributed by atoms with van der Waals surface area (Å²) in [6, 6.07) is 11.2. The fourth-order valence-corrected chi connectivity index (χ4v) is 3.97. The minimum Gasteiger partial charge on any atom is -0.495 e. The van der Waals surface area contributed by atoms with Crippen molar-refractivity contribution in [2.75, 3.05) is 25.5 Å². The van der Waals surface area contributed by atoms with Gasteiger partial charge in [-0.1, -0.05) is 17.7 Å². The lowest BCUT2D eigenvalue weighted by atomic mass is 9.91. The highest BCUT2D eigenvalue weighted by atomic mass is 35.5. The van der Waals surface area contributed by atoms with Gasteiger partial charge in [0.15, 0.2) is 0 Å². The number of hydrogen-bond acceptors (Lipinski definition) is 4. The maximum atomic E-state index is 13.8. The first-order valence-corrected chi connectivity index (χ1v) is 10.1. The second-order valence-corrected chi connectivity index (χ2v) is 7.59. The monoisotopic (exact) mass is 428 g/mol. The Balaban J connectivity index is 1.74. The van der Waals surface area contributed by atoms with Crippen molar-refractivity contribution in [3.63, 3.8) is 0 Å². The van der Waals surface area contributed by atoms with E-state index in [4.69, 9.17) is 16.3 Å². The van der Waals surface area contributed by atoms with Crippen LogP contribution in [0.4, 0.5) is 10.1 Å². The van der Waals surface area contributed by atoms with Crippen molar-refractivity contribution in [1.29, 1.82) is 0 Å². The lowest BCUT2D eigenvalue weighted by Gasteiger charge is -2.24. The van der Waals surface area contributed by atoms with Crippen LogP contribution in [0.2, 0.25) is 5.02 Å². The highest BCUT2D eigenvalue weighted by Crippen LogP contribution is 2.32. The van der Waals surface area contributed by atoms with Crippen LogP contribution < -0.4 is 15.4 Å². The van der Waals surface area contributed by atoms with Crippen LogP contribution >= 0.6 is 11.6 Å². The molecule has 1 amide bonds. The minimum absolute atomic E-state index is 0.124. The van der Waals surface area contributed by atoms with Crippen LogP contribution in [-0.2, 0) is 0 Å². The topological polar surface area (TPSA) is 68.2 Å². The first kappa shape index (κ1) is 20.4. The summed E-state index contributed by atoms with van der Waals surface area (Å²) in [4.78, 5) is 13.2. The third kappa shape index (κ3) is 4.17. The molecule has 0 saturated carbocycles. The van der Waals surface area contributed by atoms with E-state index in [1.165, 1.54) is 25.4 Å². The molecule has 2 N–H and O–H groups in total. The number of halogens is 2. The number of carbonyl (C=O) groups excluding carboxylic acids is 1. The number of amides is 1. The number of nitrogens with zero attached hydrogens (tertiary/aromatic N) is 2. The van der Waals surface area contributed by atoms with E-state index in [0.29, 0.717) is 27.7 Å². The molecule has 0 bridgehead atoms. The van der Waals surface area contributed by atoms with Crippen LogP contribution in [0, 0.1) is 5.82 Å². The van der Waals surface area contributed by atoms with Gasteiger partial charge in [0, 0.05) is 10.9 Å². The summed E-state index contributed by atoms with van der Waals surface area (Å²) in [7, 11) is 1.53. The fourth-order valence-electron chi connectivity index (χ4n) is 3.80. The second-order valence-electron chi connectivity index (χ2n) is 7.16. The Kier molecular flexibility index (Phi) is 6.01. The van der Waals surface area contributed by atoms with Gasteiger partial charge in [0.1, 0.15) is 11.6 Å². The first-order valence-electron chi connectivity index (χ1n) is 9.76. The Bertz CT molecular complexity index is 1060. The molecule has 0 spiro atoms. The molecule has 30 heavy (non-hydrogen) atoms. The molecule has 1 fully saturated rings. The summed E-state index contributed by atoms with van der Waals surface area (Å²) in [5.74, 6) is -0.0339. The molecule has 1 aliphatic heterocycles. The van der Waals surface area contributed by atoms with Crippen molar-refractivity contribution >= 4 is 23.2 Å². The zero-order valence-corrected chi connectivity index (χ0v) is 17.2. The highest BCUT2D eigenvalue weighted by molar-refractivity contribution is 6.31. The Morgan fingerprint density at radius 3 is 2.80 bits per heavy atom. The Labute approximate surface area is 179 Å². The van der Waals surface area contributed by atoms with Crippen LogP contribution in [0.3, 0.4) is 0 Å². The van der Waals surface area contributed by atoms with Crippen molar-refractivity contribution < 1.29 is 13.9 Å². The van der Waals surface area contributed by atoms with E-state index in [2.05, 4.69) is 15.7 Å². The minimum atomic E-state index is -0.353. The lowest BCUT2D eigenvalue weighted by Crippen LogP contribution is -2.29. The van der Waals surface area contributed by atoms with Gasteiger partial charge in [-0.15, -0.1) is 0 Å². The standard InChI is InChI=1S/C22H22ClFN4O2/c1-30-20-6-5-15(23)11-19(20)27-22(29)18-13-26-28(17-4-2-3-16(24)12-17)21(18)14-7-9-25-10-8-14/h2-6,11-14,25H,7-10H2,1H3,(H,27,29). The summed E-state index contributed by atoms with van der Waals surface area (Å²) >= 11 is 6.09. The van der Waals surface area contributed by atoms with Crippen molar-refractivity contribution in [3.05, 3.63) is 70.8 Å². The first-order chi connectivity index (χ1) is 14.6. The van der Waals surface area contributed by atoms with Gasteiger partial charge in [0.25, 0.3) is 5.91 Å². The van der Waals surface area contributed by atoms with Gasteiger partial charge in [0.2, 0.25) is 0 Å². The van der Waals surface area contributed by atoms with E-state index in [0.717, 1.165) is 31.6 Å². The molecule has 6 nitrogen and oxygen atoms in total. The molecule has 1 aliphatic rings. The van der Waals surface area contributed by atoms with E-state index in [1.54, 1.807) is 35.0 Å². The summed E-state index contributed by atoms with van der Waals surface area (Å²) in [6.07, 6.45) is 3.26. The van der Waals surface area contributed by atoms with Crippen molar-refractivity contribution in [2.24, 2.45) is 0 Å². The summed E-state index contributed by atoms with van der Waals surface area (Å²) in [6.45, 7) is 1.70. The number of nitrogens with one attached hydrogen (secondary N) is 2. The van der Waals surface area contributed by atoms with Gasteiger partial charge in [-0.2, -0.15) is 5.10 Å². The van der Waals surface area contributed by atoms with Gasteiger partial charge < -0.3 is 15.4 Å². The molecule has 2 aromatic carbocycles. The maximum absolute atomic E-state index is 13.8. The van der Waals surface area contributed by atoms with Gasteiger partial charge in [-0.3, -0.25) is 4.79 Å². The van der Waals surface area contributed by atoms with Crippen molar-refractivity contribution in [1.82, 2.24) is 15.1 Å². The Hall–Kier alpha value is -2.90. The second kappa shape index (κ2) is 8.85. The maximum Gasteiger partial charge on any atom is 0.259 e.